The Hall–Kier alpha value is -3.46. The third kappa shape index (κ3) is 7.04. The van der Waals surface area contributed by atoms with E-state index in [2.05, 4.69) is 64.2 Å². The maximum absolute atomic E-state index is 5.79. The van der Waals surface area contributed by atoms with E-state index in [0.717, 1.165) is 40.4 Å². The van der Waals surface area contributed by atoms with Crippen molar-refractivity contribution in [2.45, 2.75) is 13.5 Å². The molecule has 0 radical (unpaired) electrons. The molecule has 8 heteroatoms. The van der Waals surface area contributed by atoms with Gasteiger partial charge in [-0.2, -0.15) is 0 Å². The monoisotopic (exact) mass is 490 g/mol. The molecule has 190 valence electrons. The van der Waals surface area contributed by atoms with Gasteiger partial charge >= 0.3 is 0 Å². The topological polar surface area (TPSA) is 81.7 Å². The first-order valence-corrected chi connectivity index (χ1v) is 12.1. The van der Waals surface area contributed by atoms with E-state index in [-0.39, 0.29) is 0 Å². The number of aromatic amines is 1. The molecule has 2 aromatic carbocycles. The molecule has 2 heterocycles. The predicted octanol–water partition coefficient (Wildman–Crippen LogP) is 4.63. The van der Waals surface area contributed by atoms with Crippen molar-refractivity contribution in [1.82, 2.24) is 15.0 Å². The van der Waals surface area contributed by atoms with Gasteiger partial charge in [-0.25, -0.2) is 9.97 Å². The van der Waals surface area contributed by atoms with Gasteiger partial charge in [0.1, 0.15) is 30.1 Å². The molecule has 0 fully saturated rings. The van der Waals surface area contributed by atoms with Crippen LogP contribution >= 0.6 is 0 Å². The molecule has 36 heavy (non-hydrogen) atoms. The highest BCUT2D eigenvalue weighted by Crippen LogP contribution is 2.29. The number of hydrogen-bond acceptors (Lipinski definition) is 7. The Labute approximate surface area is 212 Å². The minimum absolute atomic E-state index is 0.482. The number of hydrogen-bond donors (Lipinski definition) is 1. The summed E-state index contributed by atoms with van der Waals surface area (Å²) in [5.74, 6) is 1.70. The van der Waals surface area contributed by atoms with Crippen molar-refractivity contribution in [2.24, 2.45) is 0 Å². The number of H-pyrrole nitrogens is 1. The van der Waals surface area contributed by atoms with Crippen molar-refractivity contribution in [3.05, 3.63) is 72.1 Å². The number of nitrogens with zero attached hydrogens (tertiary/aromatic N) is 3. The number of aromatic nitrogens is 3. The number of methoxy groups -OCH3 is 1. The number of fused-ring (bicyclic) bond motifs is 1. The van der Waals surface area contributed by atoms with E-state index in [1.165, 1.54) is 11.1 Å². The first-order chi connectivity index (χ1) is 17.6. The van der Waals surface area contributed by atoms with Crippen LogP contribution in [0.1, 0.15) is 11.1 Å². The third-order valence-corrected chi connectivity index (χ3v) is 5.73. The Bertz CT molecular complexity index is 1230. The molecule has 2 aromatic heterocycles. The second kappa shape index (κ2) is 13.0. The molecule has 0 aliphatic heterocycles. The van der Waals surface area contributed by atoms with Gasteiger partial charge in [0.2, 0.25) is 0 Å². The fourth-order valence-corrected chi connectivity index (χ4v) is 3.96. The van der Waals surface area contributed by atoms with Crippen molar-refractivity contribution >= 4 is 16.9 Å². The van der Waals surface area contributed by atoms with E-state index in [1.54, 1.807) is 13.4 Å². The van der Waals surface area contributed by atoms with Crippen LogP contribution in [-0.4, -0.2) is 68.8 Å². The van der Waals surface area contributed by atoms with Gasteiger partial charge in [0.05, 0.1) is 38.4 Å². The predicted molar refractivity (Wildman–Crippen MR) is 142 cm³/mol. The van der Waals surface area contributed by atoms with Crippen LogP contribution in [0.3, 0.4) is 0 Å². The molecule has 0 aliphatic rings. The molecule has 0 saturated heterocycles. The molecule has 0 bridgehead atoms. The fourth-order valence-electron chi connectivity index (χ4n) is 3.96. The minimum Gasteiger partial charge on any atom is -0.491 e. The SMILES string of the molecule is COCCOCCOCCOc1ccc(-c2cc3c(N(C)Cc4cccc(C)c4)ncnc3[nH]2)cc1. The second-order valence-electron chi connectivity index (χ2n) is 8.58. The van der Waals surface area contributed by atoms with Gasteiger partial charge in [0.25, 0.3) is 0 Å². The first-order valence-electron chi connectivity index (χ1n) is 12.1. The van der Waals surface area contributed by atoms with E-state index in [0.29, 0.717) is 39.6 Å². The van der Waals surface area contributed by atoms with Crippen molar-refractivity contribution in [1.29, 1.82) is 0 Å². The summed E-state index contributed by atoms with van der Waals surface area (Å²) in [7, 11) is 3.71. The van der Waals surface area contributed by atoms with Crippen LogP contribution in [0.2, 0.25) is 0 Å². The maximum atomic E-state index is 5.79. The standard InChI is InChI=1S/C28H34N4O4/c1-21-5-4-6-22(17-21)19-32(2)28-25-18-26(31-27(25)29-20-30-28)23-7-9-24(10-8-23)36-16-15-35-14-13-34-12-11-33-3/h4-10,17-18,20H,11-16,19H2,1-3H3,(H,29,30,31). The average Bonchev–Trinajstić information content (AvgIpc) is 3.32. The summed E-state index contributed by atoms with van der Waals surface area (Å²) < 4.78 is 21.6. The van der Waals surface area contributed by atoms with Gasteiger partial charge < -0.3 is 28.8 Å². The number of nitrogens with one attached hydrogen (secondary N) is 1. The van der Waals surface area contributed by atoms with E-state index in [9.17, 15) is 0 Å². The van der Waals surface area contributed by atoms with Crippen LogP contribution in [0.4, 0.5) is 5.82 Å². The summed E-state index contributed by atoms with van der Waals surface area (Å²) in [6.45, 7) is 6.13. The lowest BCUT2D eigenvalue weighted by atomic mass is 10.1. The van der Waals surface area contributed by atoms with Crippen LogP contribution in [0.5, 0.6) is 5.75 Å². The van der Waals surface area contributed by atoms with E-state index < -0.39 is 0 Å². The zero-order valence-electron chi connectivity index (χ0n) is 21.2. The van der Waals surface area contributed by atoms with E-state index in [1.807, 2.05) is 24.3 Å². The smallest absolute Gasteiger partial charge is 0.143 e. The summed E-state index contributed by atoms with van der Waals surface area (Å²) >= 11 is 0. The molecule has 0 amide bonds. The van der Waals surface area contributed by atoms with Crippen LogP contribution in [-0.2, 0) is 20.8 Å². The zero-order chi connectivity index (χ0) is 25.2. The molecule has 4 rings (SSSR count). The summed E-state index contributed by atoms with van der Waals surface area (Å²) in [5.41, 5.74) is 5.35. The van der Waals surface area contributed by atoms with Gasteiger partial charge in [-0.1, -0.05) is 29.8 Å². The van der Waals surface area contributed by atoms with Crippen LogP contribution in [0, 0.1) is 6.92 Å². The number of ether oxygens (including phenoxy) is 4. The summed E-state index contributed by atoms with van der Waals surface area (Å²) in [6.07, 6.45) is 1.61. The van der Waals surface area contributed by atoms with Gasteiger partial charge in [0.15, 0.2) is 0 Å². The highest BCUT2D eigenvalue weighted by Gasteiger charge is 2.13. The van der Waals surface area contributed by atoms with Gasteiger partial charge in [-0.3, -0.25) is 0 Å². The van der Waals surface area contributed by atoms with Crippen LogP contribution in [0.25, 0.3) is 22.3 Å². The molecule has 1 N–H and O–H groups in total. The quantitative estimate of drug-likeness (QED) is 0.258. The third-order valence-electron chi connectivity index (χ3n) is 5.73. The lowest BCUT2D eigenvalue weighted by Gasteiger charge is -2.19. The molecular formula is C28H34N4O4. The highest BCUT2D eigenvalue weighted by molar-refractivity contribution is 5.91. The van der Waals surface area contributed by atoms with E-state index >= 15 is 0 Å². The normalized spacial score (nSPS) is 11.2. The molecule has 0 spiro atoms. The molecule has 0 atom stereocenters. The summed E-state index contributed by atoms with van der Waals surface area (Å²) in [6, 6.07) is 18.6. The Kier molecular flexibility index (Phi) is 9.27. The van der Waals surface area contributed by atoms with Crippen molar-refractivity contribution < 1.29 is 18.9 Å². The first kappa shape index (κ1) is 25.6. The molecule has 0 unspecified atom stereocenters. The zero-order valence-corrected chi connectivity index (χ0v) is 21.2. The lowest BCUT2D eigenvalue weighted by Crippen LogP contribution is -2.18. The Morgan fingerprint density at radius 3 is 2.36 bits per heavy atom. The highest BCUT2D eigenvalue weighted by atomic mass is 16.6. The fraction of sp³-hybridized carbons (Fsp3) is 0.357. The number of rotatable bonds is 14. The number of aryl methyl sites for hydroxylation is 1. The Morgan fingerprint density at radius 2 is 1.61 bits per heavy atom. The lowest BCUT2D eigenvalue weighted by molar-refractivity contribution is 0.0180. The molecule has 4 aromatic rings. The molecule has 8 nitrogen and oxygen atoms in total. The van der Waals surface area contributed by atoms with Gasteiger partial charge in [-0.15, -0.1) is 0 Å². The van der Waals surface area contributed by atoms with E-state index in [4.69, 9.17) is 18.9 Å². The minimum atomic E-state index is 0.482. The number of benzene rings is 2. The molecular weight excluding hydrogens is 456 g/mol. The van der Waals surface area contributed by atoms with Crippen LogP contribution < -0.4 is 9.64 Å². The van der Waals surface area contributed by atoms with Crippen molar-refractivity contribution in [3.63, 3.8) is 0 Å². The average molecular weight is 491 g/mol. The Balaban J connectivity index is 1.33. The second-order valence-corrected chi connectivity index (χ2v) is 8.58. The maximum Gasteiger partial charge on any atom is 0.143 e. The Morgan fingerprint density at radius 1 is 0.861 bits per heavy atom. The van der Waals surface area contributed by atoms with Gasteiger partial charge in [0, 0.05) is 26.4 Å². The molecule has 0 saturated carbocycles. The van der Waals surface area contributed by atoms with Gasteiger partial charge in [-0.05, 0) is 48.4 Å². The van der Waals surface area contributed by atoms with Crippen molar-refractivity contribution in [2.75, 3.05) is 58.7 Å². The summed E-state index contributed by atoms with van der Waals surface area (Å²) in [5, 5.41) is 0.992. The van der Waals surface area contributed by atoms with Crippen LogP contribution in [0.15, 0.2) is 60.9 Å². The number of anilines is 1. The van der Waals surface area contributed by atoms with Crippen molar-refractivity contribution in [3.8, 4) is 17.0 Å². The molecule has 0 aliphatic carbocycles. The largest absolute Gasteiger partial charge is 0.491 e. The summed E-state index contributed by atoms with van der Waals surface area (Å²) in [4.78, 5) is 14.6.